The maximum absolute atomic E-state index is 12.0. The minimum Gasteiger partial charge on any atom is -0.379 e. The summed E-state index contributed by atoms with van der Waals surface area (Å²) in [5.41, 5.74) is 0. The van der Waals surface area contributed by atoms with Gasteiger partial charge in [0, 0.05) is 32.1 Å². The Kier molecular flexibility index (Phi) is 3.97. The van der Waals surface area contributed by atoms with E-state index in [1.165, 1.54) is 4.31 Å². The molecular weight excluding hydrogens is 246 g/mol. The SMILES string of the molecule is O=C1CCC(NS(=O)(=O)N2CCOCC2)CN1. The van der Waals surface area contributed by atoms with Crippen LogP contribution in [0.4, 0.5) is 0 Å². The highest BCUT2D eigenvalue weighted by Gasteiger charge is 2.28. The van der Waals surface area contributed by atoms with Crippen molar-refractivity contribution in [3.05, 3.63) is 0 Å². The summed E-state index contributed by atoms with van der Waals surface area (Å²) in [5, 5.41) is 2.65. The van der Waals surface area contributed by atoms with Crippen LogP contribution in [0.5, 0.6) is 0 Å². The smallest absolute Gasteiger partial charge is 0.279 e. The van der Waals surface area contributed by atoms with Crippen LogP contribution < -0.4 is 10.0 Å². The van der Waals surface area contributed by atoms with Gasteiger partial charge in [0.15, 0.2) is 0 Å². The number of piperidine rings is 1. The van der Waals surface area contributed by atoms with Gasteiger partial charge in [-0.2, -0.15) is 17.4 Å². The molecular formula is C9H17N3O4S. The Hall–Kier alpha value is -0.700. The maximum atomic E-state index is 12.0. The number of rotatable bonds is 3. The topological polar surface area (TPSA) is 87.7 Å². The number of hydrogen-bond donors (Lipinski definition) is 2. The molecule has 0 spiro atoms. The molecule has 2 aliphatic rings. The van der Waals surface area contributed by atoms with Crippen LogP contribution in [0.3, 0.4) is 0 Å². The molecule has 0 bridgehead atoms. The van der Waals surface area contributed by atoms with Gasteiger partial charge in [-0.1, -0.05) is 0 Å². The van der Waals surface area contributed by atoms with Crippen LogP contribution in [0.15, 0.2) is 0 Å². The molecule has 8 heteroatoms. The van der Waals surface area contributed by atoms with Crippen LogP contribution in [0, 0.1) is 0 Å². The number of hydrogen-bond acceptors (Lipinski definition) is 4. The third-order valence-electron chi connectivity index (χ3n) is 2.89. The summed E-state index contributed by atoms with van der Waals surface area (Å²) in [6.07, 6.45) is 0.922. The molecule has 0 aromatic heterocycles. The standard InChI is InChI=1S/C9H17N3O4S/c13-9-2-1-8(7-10-9)11-17(14,15)12-3-5-16-6-4-12/h8,11H,1-7H2,(H,10,13). The predicted molar refractivity (Wildman–Crippen MR) is 60.5 cm³/mol. The van der Waals surface area contributed by atoms with Crippen LogP contribution in [0.1, 0.15) is 12.8 Å². The van der Waals surface area contributed by atoms with E-state index in [9.17, 15) is 13.2 Å². The van der Waals surface area contributed by atoms with Gasteiger partial charge in [-0.25, -0.2) is 0 Å². The van der Waals surface area contributed by atoms with Crippen molar-refractivity contribution in [1.82, 2.24) is 14.3 Å². The van der Waals surface area contributed by atoms with Crippen molar-refractivity contribution < 1.29 is 17.9 Å². The van der Waals surface area contributed by atoms with Crippen molar-refractivity contribution in [3.8, 4) is 0 Å². The Balaban J connectivity index is 1.90. The van der Waals surface area contributed by atoms with Crippen molar-refractivity contribution >= 4 is 16.1 Å². The lowest BCUT2D eigenvalue weighted by Gasteiger charge is -2.30. The van der Waals surface area contributed by atoms with E-state index in [-0.39, 0.29) is 11.9 Å². The minimum absolute atomic E-state index is 0.0215. The first-order chi connectivity index (χ1) is 8.08. The lowest BCUT2D eigenvalue weighted by atomic mass is 10.1. The molecule has 17 heavy (non-hydrogen) atoms. The summed E-state index contributed by atoms with van der Waals surface area (Å²) in [6, 6.07) is -0.208. The first kappa shape index (κ1) is 12.7. The van der Waals surface area contributed by atoms with Crippen molar-refractivity contribution in [3.63, 3.8) is 0 Å². The van der Waals surface area contributed by atoms with Gasteiger partial charge in [0.2, 0.25) is 5.91 Å². The fraction of sp³-hybridized carbons (Fsp3) is 0.889. The molecule has 2 aliphatic heterocycles. The monoisotopic (exact) mass is 263 g/mol. The van der Waals surface area contributed by atoms with E-state index in [0.29, 0.717) is 45.7 Å². The molecule has 2 saturated heterocycles. The van der Waals surface area contributed by atoms with E-state index in [1.807, 2.05) is 0 Å². The van der Waals surface area contributed by atoms with E-state index in [0.717, 1.165) is 0 Å². The van der Waals surface area contributed by atoms with Crippen LogP contribution in [-0.4, -0.2) is 57.5 Å². The maximum Gasteiger partial charge on any atom is 0.279 e. The normalized spacial score (nSPS) is 27.8. The van der Waals surface area contributed by atoms with Crippen molar-refractivity contribution in [1.29, 1.82) is 0 Å². The molecule has 1 atom stereocenters. The molecule has 0 saturated carbocycles. The largest absolute Gasteiger partial charge is 0.379 e. The molecule has 0 aromatic rings. The van der Waals surface area contributed by atoms with Gasteiger partial charge in [-0.05, 0) is 6.42 Å². The molecule has 2 heterocycles. The van der Waals surface area contributed by atoms with Gasteiger partial charge in [0.05, 0.1) is 13.2 Å². The summed E-state index contributed by atoms with van der Waals surface area (Å²) in [5.74, 6) is -0.0215. The van der Waals surface area contributed by atoms with E-state index in [2.05, 4.69) is 10.0 Å². The Morgan fingerprint density at radius 3 is 2.65 bits per heavy atom. The van der Waals surface area contributed by atoms with E-state index in [1.54, 1.807) is 0 Å². The van der Waals surface area contributed by atoms with Crippen LogP contribution in [-0.2, 0) is 19.7 Å². The molecule has 1 amide bonds. The van der Waals surface area contributed by atoms with Crippen LogP contribution in [0.25, 0.3) is 0 Å². The second-order valence-corrected chi connectivity index (χ2v) is 5.88. The van der Waals surface area contributed by atoms with Crippen LogP contribution >= 0.6 is 0 Å². The Morgan fingerprint density at radius 2 is 2.06 bits per heavy atom. The molecule has 0 aromatic carbocycles. The van der Waals surface area contributed by atoms with Crippen molar-refractivity contribution in [2.45, 2.75) is 18.9 Å². The zero-order valence-electron chi connectivity index (χ0n) is 9.52. The second kappa shape index (κ2) is 5.30. The molecule has 2 N–H and O–H groups in total. The Bertz CT molecular complexity index is 368. The number of nitrogens with one attached hydrogen (secondary N) is 2. The Labute approximate surface area is 101 Å². The van der Waals surface area contributed by atoms with Gasteiger partial charge in [0.25, 0.3) is 10.2 Å². The zero-order chi connectivity index (χ0) is 12.3. The molecule has 0 radical (unpaired) electrons. The quantitative estimate of drug-likeness (QED) is 0.644. The highest BCUT2D eigenvalue weighted by atomic mass is 32.2. The fourth-order valence-electron chi connectivity index (χ4n) is 1.91. The summed E-state index contributed by atoms with van der Waals surface area (Å²) in [7, 11) is -3.45. The van der Waals surface area contributed by atoms with Crippen molar-refractivity contribution in [2.75, 3.05) is 32.8 Å². The lowest BCUT2D eigenvalue weighted by Crippen LogP contribution is -2.53. The highest BCUT2D eigenvalue weighted by molar-refractivity contribution is 7.87. The van der Waals surface area contributed by atoms with Gasteiger partial charge in [0.1, 0.15) is 0 Å². The predicted octanol–water partition coefficient (Wildman–Crippen LogP) is -1.57. The highest BCUT2D eigenvalue weighted by Crippen LogP contribution is 2.08. The van der Waals surface area contributed by atoms with Crippen LogP contribution in [0.2, 0.25) is 0 Å². The number of carbonyl (C=O) groups is 1. The number of morpholine rings is 1. The molecule has 98 valence electrons. The summed E-state index contributed by atoms with van der Waals surface area (Å²) >= 11 is 0. The van der Waals surface area contributed by atoms with Gasteiger partial charge in [-0.3, -0.25) is 4.79 Å². The van der Waals surface area contributed by atoms with Crippen molar-refractivity contribution in [2.24, 2.45) is 0 Å². The first-order valence-corrected chi connectivity index (χ1v) is 7.14. The second-order valence-electron chi connectivity index (χ2n) is 4.17. The number of ether oxygens (including phenoxy) is 1. The third-order valence-corrected chi connectivity index (χ3v) is 4.57. The molecule has 7 nitrogen and oxygen atoms in total. The summed E-state index contributed by atoms with van der Waals surface area (Å²) in [4.78, 5) is 11.0. The molecule has 2 rings (SSSR count). The van der Waals surface area contributed by atoms with Gasteiger partial charge < -0.3 is 10.1 Å². The minimum atomic E-state index is -3.45. The average molecular weight is 263 g/mol. The summed E-state index contributed by atoms with van der Waals surface area (Å²) in [6.45, 7) is 2.00. The molecule has 2 fully saturated rings. The third kappa shape index (κ3) is 3.38. The van der Waals surface area contributed by atoms with E-state index < -0.39 is 10.2 Å². The van der Waals surface area contributed by atoms with Gasteiger partial charge >= 0.3 is 0 Å². The average Bonchev–Trinajstić information content (AvgIpc) is 2.33. The summed E-state index contributed by atoms with van der Waals surface area (Å²) < 4.78 is 33.1. The zero-order valence-corrected chi connectivity index (χ0v) is 10.3. The van der Waals surface area contributed by atoms with Gasteiger partial charge in [-0.15, -0.1) is 0 Å². The molecule has 1 unspecified atom stereocenters. The Morgan fingerprint density at radius 1 is 1.35 bits per heavy atom. The number of amides is 1. The number of nitrogens with zero attached hydrogens (tertiary/aromatic N) is 1. The first-order valence-electron chi connectivity index (χ1n) is 5.70. The van der Waals surface area contributed by atoms with E-state index >= 15 is 0 Å². The lowest BCUT2D eigenvalue weighted by molar-refractivity contribution is -0.122. The molecule has 0 aliphatic carbocycles. The number of carbonyl (C=O) groups excluding carboxylic acids is 1. The van der Waals surface area contributed by atoms with E-state index in [4.69, 9.17) is 4.74 Å². The fourth-order valence-corrected chi connectivity index (χ4v) is 3.31.